The molecule has 0 amide bonds. The molecule has 0 aliphatic heterocycles. The van der Waals surface area contributed by atoms with E-state index in [1.54, 1.807) is 37.3 Å². The number of aliphatic hydroxyl groups is 1. The topological polar surface area (TPSA) is 29.5 Å². The van der Waals surface area contributed by atoms with Crippen LogP contribution in [0.2, 0.25) is 5.02 Å². The van der Waals surface area contributed by atoms with E-state index in [0.717, 1.165) is 11.1 Å². The summed E-state index contributed by atoms with van der Waals surface area (Å²) in [5.41, 5.74) is 1.59. The molecule has 0 saturated carbocycles. The fraction of sp³-hybridized carbons (Fsp3) is 0.200. The van der Waals surface area contributed by atoms with Crippen LogP contribution in [0.5, 0.6) is 5.75 Å². The summed E-state index contributed by atoms with van der Waals surface area (Å²) in [6.45, 7) is 1.98. The van der Waals surface area contributed by atoms with Gasteiger partial charge in [-0.25, -0.2) is 4.39 Å². The quantitative estimate of drug-likeness (QED) is 0.913. The summed E-state index contributed by atoms with van der Waals surface area (Å²) in [5, 5.41) is 9.88. The average molecular weight is 281 g/mol. The number of aliphatic hydroxyl groups excluding tert-OH is 1. The smallest absolute Gasteiger partial charge is 0.138 e. The van der Waals surface area contributed by atoms with Gasteiger partial charge < -0.3 is 9.84 Å². The Kier molecular flexibility index (Phi) is 4.40. The second-order valence-electron chi connectivity index (χ2n) is 4.28. The Morgan fingerprint density at radius 1 is 1.21 bits per heavy atom. The van der Waals surface area contributed by atoms with Crippen molar-refractivity contribution in [2.75, 3.05) is 0 Å². The highest BCUT2D eigenvalue weighted by atomic mass is 35.5. The van der Waals surface area contributed by atoms with Gasteiger partial charge in [-0.1, -0.05) is 29.8 Å². The van der Waals surface area contributed by atoms with E-state index >= 15 is 0 Å². The van der Waals surface area contributed by atoms with Crippen molar-refractivity contribution in [1.82, 2.24) is 0 Å². The van der Waals surface area contributed by atoms with E-state index in [1.807, 2.05) is 0 Å². The van der Waals surface area contributed by atoms with Crippen LogP contribution in [-0.2, 0) is 6.61 Å². The van der Waals surface area contributed by atoms with E-state index in [2.05, 4.69) is 0 Å². The monoisotopic (exact) mass is 280 g/mol. The first kappa shape index (κ1) is 13.8. The number of hydrogen-bond acceptors (Lipinski definition) is 2. The molecule has 1 unspecified atom stereocenters. The summed E-state index contributed by atoms with van der Waals surface area (Å²) in [7, 11) is 0. The molecule has 0 spiro atoms. The summed E-state index contributed by atoms with van der Waals surface area (Å²) < 4.78 is 18.3. The number of ether oxygens (including phenoxy) is 1. The van der Waals surface area contributed by atoms with E-state index < -0.39 is 6.10 Å². The molecule has 2 aromatic carbocycles. The molecule has 2 aromatic rings. The molecule has 1 atom stereocenters. The van der Waals surface area contributed by atoms with Crippen LogP contribution in [0.4, 0.5) is 4.39 Å². The lowest BCUT2D eigenvalue weighted by Gasteiger charge is -2.11. The molecule has 1 N–H and O–H groups in total. The second kappa shape index (κ2) is 6.04. The molecular weight excluding hydrogens is 267 g/mol. The number of halogens is 2. The first-order chi connectivity index (χ1) is 9.06. The van der Waals surface area contributed by atoms with Crippen molar-refractivity contribution in [2.45, 2.75) is 19.6 Å². The van der Waals surface area contributed by atoms with Gasteiger partial charge in [-0.3, -0.25) is 0 Å². The van der Waals surface area contributed by atoms with Gasteiger partial charge in [-0.05, 0) is 42.3 Å². The molecule has 19 heavy (non-hydrogen) atoms. The number of benzene rings is 2. The van der Waals surface area contributed by atoms with Crippen molar-refractivity contribution in [1.29, 1.82) is 0 Å². The zero-order valence-electron chi connectivity index (χ0n) is 10.4. The lowest BCUT2D eigenvalue weighted by molar-refractivity contribution is 0.199. The van der Waals surface area contributed by atoms with Crippen molar-refractivity contribution in [3.05, 3.63) is 64.4 Å². The minimum Gasteiger partial charge on any atom is -0.487 e. The summed E-state index contributed by atoms with van der Waals surface area (Å²) >= 11 is 6.07. The van der Waals surface area contributed by atoms with Gasteiger partial charge in [-0.15, -0.1) is 0 Å². The van der Waals surface area contributed by atoms with Gasteiger partial charge in [0, 0.05) is 0 Å². The maximum Gasteiger partial charge on any atom is 0.138 e. The van der Waals surface area contributed by atoms with Crippen LogP contribution in [0.1, 0.15) is 24.2 Å². The van der Waals surface area contributed by atoms with Crippen LogP contribution in [0.25, 0.3) is 0 Å². The first-order valence-corrected chi connectivity index (χ1v) is 6.29. The van der Waals surface area contributed by atoms with Gasteiger partial charge in [0.05, 0.1) is 11.1 Å². The third-order valence-corrected chi connectivity index (χ3v) is 3.04. The third kappa shape index (κ3) is 3.69. The van der Waals surface area contributed by atoms with Crippen LogP contribution in [-0.4, -0.2) is 5.11 Å². The van der Waals surface area contributed by atoms with Gasteiger partial charge in [0.1, 0.15) is 18.2 Å². The Morgan fingerprint density at radius 2 is 1.89 bits per heavy atom. The predicted octanol–water partition coefficient (Wildman–Crippen LogP) is 4.11. The number of hydrogen-bond donors (Lipinski definition) is 1. The van der Waals surface area contributed by atoms with Crippen molar-refractivity contribution in [3.63, 3.8) is 0 Å². The Bertz CT molecular complexity index is 553. The zero-order chi connectivity index (χ0) is 13.8. The van der Waals surface area contributed by atoms with Crippen molar-refractivity contribution in [3.8, 4) is 5.75 Å². The third-order valence-electron chi connectivity index (χ3n) is 2.75. The summed E-state index contributed by atoms with van der Waals surface area (Å²) in [4.78, 5) is 0. The van der Waals surface area contributed by atoms with Crippen molar-refractivity contribution in [2.24, 2.45) is 0 Å². The molecular formula is C15H14ClFO2. The molecule has 0 bridgehead atoms. The Labute approximate surface area is 116 Å². The van der Waals surface area contributed by atoms with Gasteiger partial charge >= 0.3 is 0 Å². The maximum absolute atomic E-state index is 12.7. The predicted molar refractivity (Wildman–Crippen MR) is 72.8 cm³/mol. The van der Waals surface area contributed by atoms with E-state index in [9.17, 15) is 9.50 Å². The highest BCUT2D eigenvalue weighted by Crippen LogP contribution is 2.28. The van der Waals surface area contributed by atoms with E-state index in [0.29, 0.717) is 17.4 Å². The fourth-order valence-electron chi connectivity index (χ4n) is 1.64. The highest BCUT2D eigenvalue weighted by Gasteiger charge is 2.06. The molecule has 0 fully saturated rings. The normalized spacial score (nSPS) is 12.2. The van der Waals surface area contributed by atoms with E-state index in [1.165, 1.54) is 12.1 Å². The van der Waals surface area contributed by atoms with Gasteiger partial charge in [0.15, 0.2) is 0 Å². The molecule has 0 heterocycles. The highest BCUT2D eigenvalue weighted by molar-refractivity contribution is 6.32. The fourth-order valence-corrected chi connectivity index (χ4v) is 1.88. The number of rotatable bonds is 4. The largest absolute Gasteiger partial charge is 0.487 e. The standard InChI is InChI=1S/C15H14ClFO2/c1-10(18)12-4-7-15(14(16)8-12)19-9-11-2-5-13(17)6-3-11/h2-8,10,18H,9H2,1H3. The lowest BCUT2D eigenvalue weighted by atomic mass is 10.1. The minimum atomic E-state index is -0.566. The van der Waals surface area contributed by atoms with Gasteiger partial charge in [0.25, 0.3) is 0 Å². The molecule has 0 aliphatic rings. The Hall–Kier alpha value is -1.58. The van der Waals surface area contributed by atoms with Crippen LogP contribution in [0, 0.1) is 5.82 Å². The summed E-state index contributed by atoms with van der Waals surface area (Å²) in [5.74, 6) is 0.262. The summed E-state index contributed by atoms with van der Waals surface area (Å²) in [6.07, 6.45) is -0.566. The molecule has 0 aromatic heterocycles. The molecule has 100 valence electrons. The average Bonchev–Trinajstić information content (AvgIpc) is 2.39. The summed E-state index contributed by atoms with van der Waals surface area (Å²) in [6, 6.07) is 11.2. The second-order valence-corrected chi connectivity index (χ2v) is 4.69. The van der Waals surface area contributed by atoms with Crippen molar-refractivity contribution >= 4 is 11.6 Å². The van der Waals surface area contributed by atoms with Crippen LogP contribution >= 0.6 is 11.6 Å². The SMILES string of the molecule is CC(O)c1ccc(OCc2ccc(F)cc2)c(Cl)c1. The maximum atomic E-state index is 12.7. The molecule has 2 nitrogen and oxygen atoms in total. The minimum absolute atomic E-state index is 0.275. The molecule has 0 radical (unpaired) electrons. The zero-order valence-corrected chi connectivity index (χ0v) is 11.2. The van der Waals surface area contributed by atoms with Crippen molar-refractivity contribution < 1.29 is 14.2 Å². The Morgan fingerprint density at radius 3 is 2.47 bits per heavy atom. The van der Waals surface area contributed by atoms with Crippen LogP contribution in [0.15, 0.2) is 42.5 Å². The molecule has 0 saturated heterocycles. The lowest BCUT2D eigenvalue weighted by Crippen LogP contribution is -1.97. The Balaban J connectivity index is 2.05. The van der Waals surface area contributed by atoms with Crippen LogP contribution < -0.4 is 4.74 Å². The molecule has 2 rings (SSSR count). The van der Waals surface area contributed by atoms with Crippen LogP contribution in [0.3, 0.4) is 0 Å². The van der Waals surface area contributed by atoms with Gasteiger partial charge in [0.2, 0.25) is 0 Å². The molecule has 0 aliphatic carbocycles. The van der Waals surface area contributed by atoms with Gasteiger partial charge in [-0.2, -0.15) is 0 Å². The first-order valence-electron chi connectivity index (χ1n) is 5.91. The molecule has 4 heteroatoms. The van der Waals surface area contributed by atoms with E-state index in [-0.39, 0.29) is 5.82 Å². The van der Waals surface area contributed by atoms with E-state index in [4.69, 9.17) is 16.3 Å².